The molecule has 1 aromatic rings. The summed E-state index contributed by atoms with van der Waals surface area (Å²) in [5.74, 6) is 0. The smallest absolute Gasteiger partial charge is 0.185 e. The molecule has 1 N–H and O–H groups in total. The van der Waals surface area contributed by atoms with Crippen molar-refractivity contribution in [2.24, 2.45) is 0 Å². The van der Waals surface area contributed by atoms with Crippen LogP contribution in [0.25, 0.3) is 0 Å². The lowest BCUT2D eigenvalue weighted by atomic mass is 10.2. The van der Waals surface area contributed by atoms with Gasteiger partial charge in [-0.05, 0) is 20.9 Å². The Bertz CT molecular complexity index is 280. The second-order valence-electron chi connectivity index (χ2n) is 3.35. The van der Waals surface area contributed by atoms with Crippen LogP contribution in [0.15, 0.2) is 0 Å². The van der Waals surface area contributed by atoms with E-state index >= 15 is 0 Å². The zero-order chi connectivity index (χ0) is 10.0. The molecule has 0 aliphatic rings. The van der Waals surface area contributed by atoms with Crippen LogP contribution < -0.4 is 10.2 Å². The van der Waals surface area contributed by atoms with E-state index in [9.17, 15) is 0 Å². The molecule has 0 amide bonds. The highest BCUT2D eigenvalue weighted by Crippen LogP contribution is 2.29. The van der Waals surface area contributed by atoms with E-state index < -0.39 is 0 Å². The largest absolute Gasteiger partial charge is 0.354 e. The van der Waals surface area contributed by atoms with E-state index in [-0.39, 0.29) is 0 Å². The molecule has 0 saturated carbocycles. The van der Waals surface area contributed by atoms with Gasteiger partial charge in [-0.1, -0.05) is 0 Å². The lowest BCUT2D eigenvalue weighted by molar-refractivity contribution is 0.658. The van der Waals surface area contributed by atoms with Gasteiger partial charge < -0.3 is 10.2 Å². The van der Waals surface area contributed by atoms with Crippen molar-refractivity contribution in [2.75, 3.05) is 26.0 Å². The van der Waals surface area contributed by atoms with E-state index in [0.717, 1.165) is 10.8 Å². The molecule has 13 heavy (non-hydrogen) atoms. The van der Waals surface area contributed by atoms with Crippen molar-refractivity contribution in [1.82, 2.24) is 10.3 Å². The number of rotatable bonds is 3. The van der Waals surface area contributed by atoms with Crippen molar-refractivity contribution in [1.29, 1.82) is 0 Å². The minimum absolute atomic E-state index is 0.395. The summed E-state index contributed by atoms with van der Waals surface area (Å²) in [6.45, 7) is 4.21. The van der Waals surface area contributed by atoms with Crippen LogP contribution in [-0.2, 0) is 0 Å². The predicted molar refractivity (Wildman–Crippen MR) is 58.7 cm³/mol. The fourth-order valence-electron chi connectivity index (χ4n) is 1.12. The van der Waals surface area contributed by atoms with Crippen LogP contribution >= 0.6 is 11.3 Å². The van der Waals surface area contributed by atoms with Crippen LogP contribution in [0, 0.1) is 6.92 Å². The van der Waals surface area contributed by atoms with Gasteiger partial charge in [-0.3, -0.25) is 0 Å². The minimum atomic E-state index is 0.395. The zero-order valence-corrected chi connectivity index (χ0v) is 9.70. The van der Waals surface area contributed by atoms with E-state index in [1.54, 1.807) is 11.3 Å². The molecule has 74 valence electrons. The Labute approximate surface area is 83.8 Å². The highest BCUT2D eigenvalue weighted by molar-refractivity contribution is 7.15. The summed E-state index contributed by atoms with van der Waals surface area (Å²) in [5.41, 5.74) is 1.13. The molecule has 1 unspecified atom stereocenters. The van der Waals surface area contributed by atoms with Gasteiger partial charge in [-0.25, -0.2) is 4.98 Å². The topological polar surface area (TPSA) is 28.2 Å². The third-order valence-corrected chi connectivity index (χ3v) is 3.54. The summed E-state index contributed by atoms with van der Waals surface area (Å²) >= 11 is 1.75. The summed E-state index contributed by atoms with van der Waals surface area (Å²) in [7, 11) is 6.01. The summed E-state index contributed by atoms with van der Waals surface area (Å²) in [5, 5.41) is 4.30. The van der Waals surface area contributed by atoms with Gasteiger partial charge in [0.25, 0.3) is 0 Å². The van der Waals surface area contributed by atoms with Gasteiger partial charge in [-0.15, -0.1) is 11.3 Å². The lowest BCUT2D eigenvalue weighted by Gasteiger charge is -2.07. The third kappa shape index (κ3) is 2.19. The zero-order valence-electron chi connectivity index (χ0n) is 8.88. The van der Waals surface area contributed by atoms with Gasteiger partial charge in [0.1, 0.15) is 0 Å². The first-order chi connectivity index (χ1) is 6.06. The van der Waals surface area contributed by atoms with E-state index in [1.807, 2.05) is 26.0 Å². The fourth-order valence-corrected chi connectivity index (χ4v) is 2.17. The van der Waals surface area contributed by atoms with Crippen LogP contribution in [0.5, 0.6) is 0 Å². The van der Waals surface area contributed by atoms with Crippen molar-refractivity contribution in [3.63, 3.8) is 0 Å². The first-order valence-electron chi connectivity index (χ1n) is 4.38. The third-order valence-electron chi connectivity index (χ3n) is 2.03. The van der Waals surface area contributed by atoms with E-state index in [4.69, 9.17) is 0 Å². The molecule has 3 nitrogen and oxygen atoms in total. The SMILES string of the molecule is CNC(C)c1sc(N(C)C)nc1C. The van der Waals surface area contributed by atoms with Crippen LogP contribution in [0.1, 0.15) is 23.5 Å². The molecule has 0 radical (unpaired) electrons. The number of aryl methyl sites for hydroxylation is 1. The van der Waals surface area contributed by atoms with Crippen molar-refractivity contribution >= 4 is 16.5 Å². The average Bonchev–Trinajstić information content (AvgIpc) is 2.46. The van der Waals surface area contributed by atoms with Gasteiger partial charge in [0.2, 0.25) is 0 Å². The Kier molecular flexibility index (Phi) is 3.27. The van der Waals surface area contributed by atoms with Crippen LogP contribution in [0.3, 0.4) is 0 Å². The maximum atomic E-state index is 4.48. The lowest BCUT2D eigenvalue weighted by Crippen LogP contribution is -2.11. The molecule has 0 bridgehead atoms. The maximum Gasteiger partial charge on any atom is 0.185 e. The number of hydrogen-bond donors (Lipinski definition) is 1. The molecule has 1 heterocycles. The molecule has 0 spiro atoms. The Morgan fingerprint density at radius 1 is 1.46 bits per heavy atom. The van der Waals surface area contributed by atoms with Crippen LogP contribution in [0.2, 0.25) is 0 Å². The number of anilines is 1. The Morgan fingerprint density at radius 2 is 2.08 bits per heavy atom. The van der Waals surface area contributed by atoms with E-state index in [2.05, 4.69) is 24.1 Å². The molecular weight excluding hydrogens is 182 g/mol. The molecule has 1 atom stereocenters. The highest BCUT2D eigenvalue weighted by Gasteiger charge is 2.13. The molecule has 0 aliphatic heterocycles. The first-order valence-corrected chi connectivity index (χ1v) is 5.19. The second kappa shape index (κ2) is 4.07. The van der Waals surface area contributed by atoms with Gasteiger partial charge in [0.05, 0.1) is 5.69 Å². The number of nitrogens with one attached hydrogen (secondary N) is 1. The van der Waals surface area contributed by atoms with E-state index in [1.165, 1.54) is 4.88 Å². The monoisotopic (exact) mass is 199 g/mol. The minimum Gasteiger partial charge on any atom is -0.354 e. The Morgan fingerprint density at radius 3 is 2.46 bits per heavy atom. The first kappa shape index (κ1) is 10.5. The van der Waals surface area contributed by atoms with Crippen molar-refractivity contribution in [2.45, 2.75) is 19.9 Å². The summed E-state index contributed by atoms with van der Waals surface area (Å²) in [6.07, 6.45) is 0. The quantitative estimate of drug-likeness (QED) is 0.804. The Balaban J connectivity index is 2.96. The van der Waals surface area contributed by atoms with Crippen molar-refractivity contribution in [3.8, 4) is 0 Å². The van der Waals surface area contributed by atoms with Crippen molar-refractivity contribution < 1.29 is 0 Å². The standard InChI is InChI=1S/C9H17N3S/c1-6(10-3)8-7(2)11-9(13-8)12(4)5/h6,10H,1-5H3. The predicted octanol–water partition coefficient (Wildman–Crippen LogP) is 1.80. The van der Waals surface area contributed by atoms with Crippen molar-refractivity contribution in [3.05, 3.63) is 10.6 Å². The summed E-state index contributed by atoms with van der Waals surface area (Å²) in [4.78, 5) is 7.85. The van der Waals surface area contributed by atoms with Gasteiger partial charge in [-0.2, -0.15) is 0 Å². The molecule has 0 saturated heterocycles. The molecule has 0 aliphatic carbocycles. The average molecular weight is 199 g/mol. The van der Waals surface area contributed by atoms with Gasteiger partial charge >= 0.3 is 0 Å². The normalized spacial score (nSPS) is 13.0. The molecule has 4 heteroatoms. The molecule has 1 aromatic heterocycles. The molecule has 0 aromatic carbocycles. The molecule has 0 fully saturated rings. The number of nitrogens with zero attached hydrogens (tertiary/aromatic N) is 2. The second-order valence-corrected chi connectivity index (χ2v) is 4.36. The molecular formula is C9H17N3S. The number of aromatic nitrogens is 1. The van der Waals surface area contributed by atoms with E-state index in [0.29, 0.717) is 6.04 Å². The van der Waals surface area contributed by atoms with Gasteiger partial charge in [0.15, 0.2) is 5.13 Å². The van der Waals surface area contributed by atoms with Gasteiger partial charge in [0, 0.05) is 25.0 Å². The van der Waals surface area contributed by atoms with Crippen LogP contribution in [-0.4, -0.2) is 26.1 Å². The highest BCUT2D eigenvalue weighted by atomic mass is 32.1. The molecule has 1 rings (SSSR count). The Hall–Kier alpha value is -0.610. The maximum absolute atomic E-state index is 4.48. The fraction of sp³-hybridized carbons (Fsp3) is 0.667. The number of hydrogen-bond acceptors (Lipinski definition) is 4. The number of thiazole rings is 1. The summed E-state index contributed by atoms with van der Waals surface area (Å²) in [6, 6.07) is 0.395. The summed E-state index contributed by atoms with van der Waals surface area (Å²) < 4.78 is 0. The van der Waals surface area contributed by atoms with Crippen LogP contribution in [0.4, 0.5) is 5.13 Å².